The van der Waals surface area contributed by atoms with Crippen LogP contribution in [0.3, 0.4) is 0 Å². The highest BCUT2D eigenvalue weighted by atomic mass is 16.1. The summed E-state index contributed by atoms with van der Waals surface area (Å²) in [6.45, 7) is 5.43. The maximum atomic E-state index is 11.1. The monoisotopic (exact) mass is 205 g/mol. The summed E-state index contributed by atoms with van der Waals surface area (Å²) in [5.41, 5.74) is 1.13. The lowest BCUT2D eigenvalue weighted by atomic mass is 10.1. The molecule has 0 unspecified atom stereocenters. The quantitative estimate of drug-likeness (QED) is 0.731. The lowest BCUT2D eigenvalue weighted by molar-refractivity contribution is -0.116. The molecular formula is C11H15N3O. The summed E-state index contributed by atoms with van der Waals surface area (Å²) in [7, 11) is 0. The van der Waals surface area contributed by atoms with E-state index < -0.39 is 0 Å². The van der Waals surface area contributed by atoms with Crippen LogP contribution < -0.4 is 4.90 Å². The van der Waals surface area contributed by atoms with Gasteiger partial charge in [0.2, 0.25) is 5.95 Å². The van der Waals surface area contributed by atoms with Crippen LogP contribution >= 0.6 is 0 Å². The second-order valence-corrected chi connectivity index (χ2v) is 4.18. The number of ketones is 1. The van der Waals surface area contributed by atoms with E-state index in [0.717, 1.165) is 12.1 Å². The molecule has 4 heteroatoms. The summed E-state index contributed by atoms with van der Waals surface area (Å²) in [6, 6.07) is 0. The van der Waals surface area contributed by atoms with Gasteiger partial charge in [-0.15, -0.1) is 0 Å². The lowest BCUT2D eigenvalue weighted by Gasteiger charge is -2.14. The van der Waals surface area contributed by atoms with Crippen molar-refractivity contribution in [2.24, 2.45) is 0 Å². The van der Waals surface area contributed by atoms with Crippen molar-refractivity contribution in [3.8, 4) is 0 Å². The van der Waals surface area contributed by atoms with Crippen LogP contribution in [-0.4, -0.2) is 28.8 Å². The van der Waals surface area contributed by atoms with Crippen molar-refractivity contribution in [3.63, 3.8) is 0 Å². The van der Waals surface area contributed by atoms with E-state index in [0.29, 0.717) is 24.8 Å². The van der Waals surface area contributed by atoms with E-state index in [-0.39, 0.29) is 5.78 Å². The van der Waals surface area contributed by atoms with Gasteiger partial charge in [0.05, 0.1) is 6.54 Å². The molecule has 0 aliphatic carbocycles. The second-order valence-electron chi connectivity index (χ2n) is 4.18. The number of Topliss-reactive ketones (excluding diaryl/α,β-unsaturated/α-hetero) is 1. The number of hydrogen-bond acceptors (Lipinski definition) is 4. The minimum Gasteiger partial charge on any atom is -0.333 e. The summed E-state index contributed by atoms with van der Waals surface area (Å²) in [6.07, 6.45) is 4.31. The fourth-order valence-electron chi connectivity index (χ4n) is 1.59. The molecule has 0 atom stereocenters. The SMILES string of the molecule is CC(C)c1cnc(N2CCC(=O)C2)nc1. The summed E-state index contributed by atoms with van der Waals surface area (Å²) in [5, 5.41) is 0. The molecule has 1 aliphatic heterocycles. The topological polar surface area (TPSA) is 46.1 Å². The minimum atomic E-state index is 0.270. The van der Waals surface area contributed by atoms with Crippen LogP contribution in [0.2, 0.25) is 0 Å². The molecule has 80 valence electrons. The maximum Gasteiger partial charge on any atom is 0.225 e. The van der Waals surface area contributed by atoms with Crippen LogP contribution in [0.25, 0.3) is 0 Å². The van der Waals surface area contributed by atoms with Gasteiger partial charge >= 0.3 is 0 Å². The van der Waals surface area contributed by atoms with Gasteiger partial charge < -0.3 is 4.90 Å². The molecule has 15 heavy (non-hydrogen) atoms. The highest BCUT2D eigenvalue weighted by Gasteiger charge is 2.21. The Labute approximate surface area is 89.3 Å². The molecule has 0 bridgehead atoms. The first-order valence-corrected chi connectivity index (χ1v) is 5.25. The first kappa shape index (κ1) is 10.1. The molecule has 0 amide bonds. The van der Waals surface area contributed by atoms with Gasteiger partial charge in [0.15, 0.2) is 5.78 Å². The van der Waals surface area contributed by atoms with Gasteiger partial charge in [0.1, 0.15) is 0 Å². The fourth-order valence-corrected chi connectivity index (χ4v) is 1.59. The molecule has 0 aromatic carbocycles. The zero-order valence-corrected chi connectivity index (χ0v) is 9.10. The van der Waals surface area contributed by atoms with Crippen LogP contribution in [-0.2, 0) is 4.79 Å². The molecule has 4 nitrogen and oxygen atoms in total. The van der Waals surface area contributed by atoms with Crippen molar-refractivity contribution >= 4 is 11.7 Å². The van der Waals surface area contributed by atoms with Crippen molar-refractivity contribution in [3.05, 3.63) is 18.0 Å². The molecule has 0 saturated carbocycles. The van der Waals surface area contributed by atoms with Crippen molar-refractivity contribution in [1.82, 2.24) is 9.97 Å². The third-order valence-electron chi connectivity index (χ3n) is 2.64. The molecular weight excluding hydrogens is 190 g/mol. The third kappa shape index (κ3) is 2.14. The number of anilines is 1. The molecule has 0 radical (unpaired) electrons. The van der Waals surface area contributed by atoms with Gasteiger partial charge in [-0.1, -0.05) is 13.8 Å². The number of hydrogen-bond donors (Lipinski definition) is 0. The van der Waals surface area contributed by atoms with Crippen molar-refractivity contribution in [1.29, 1.82) is 0 Å². The van der Waals surface area contributed by atoms with E-state index in [4.69, 9.17) is 0 Å². The van der Waals surface area contributed by atoms with Crippen LogP contribution in [0.1, 0.15) is 31.7 Å². The Hall–Kier alpha value is -1.45. The van der Waals surface area contributed by atoms with E-state index in [1.54, 1.807) is 0 Å². The Balaban J connectivity index is 2.13. The zero-order valence-electron chi connectivity index (χ0n) is 9.10. The summed E-state index contributed by atoms with van der Waals surface area (Å²) in [4.78, 5) is 21.6. The average molecular weight is 205 g/mol. The van der Waals surface area contributed by atoms with E-state index in [9.17, 15) is 4.79 Å². The Morgan fingerprint density at radius 3 is 2.47 bits per heavy atom. The van der Waals surface area contributed by atoms with E-state index in [1.807, 2.05) is 17.3 Å². The number of aromatic nitrogens is 2. The number of nitrogens with zero attached hydrogens (tertiary/aromatic N) is 3. The summed E-state index contributed by atoms with van der Waals surface area (Å²) < 4.78 is 0. The average Bonchev–Trinajstić information content (AvgIpc) is 2.65. The molecule has 1 aliphatic rings. The van der Waals surface area contributed by atoms with Crippen molar-refractivity contribution in [2.45, 2.75) is 26.2 Å². The van der Waals surface area contributed by atoms with Gasteiger partial charge in [-0.3, -0.25) is 4.79 Å². The molecule has 0 N–H and O–H groups in total. The predicted molar refractivity (Wildman–Crippen MR) is 58.0 cm³/mol. The van der Waals surface area contributed by atoms with Crippen LogP contribution in [0.5, 0.6) is 0 Å². The largest absolute Gasteiger partial charge is 0.333 e. The molecule has 2 rings (SSSR count). The predicted octanol–water partition coefficient (Wildman–Crippen LogP) is 1.38. The van der Waals surface area contributed by atoms with Crippen LogP contribution in [0.4, 0.5) is 5.95 Å². The third-order valence-corrected chi connectivity index (χ3v) is 2.64. The zero-order chi connectivity index (χ0) is 10.8. The van der Waals surface area contributed by atoms with E-state index >= 15 is 0 Å². The standard InChI is InChI=1S/C11H15N3O/c1-8(2)9-5-12-11(13-6-9)14-4-3-10(15)7-14/h5-6,8H,3-4,7H2,1-2H3. The molecule has 2 heterocycles. The Morgan fingerprint density at radius 2 is 2.00 bits per heavy atom. The minimum absolute atomic E-state index is 0.270. The summed E-state index contributed by atoms with van der Waals surface area (Å²) in [5.74, 6) is 1.39. The fraction of sp³-hybridized carbons (Fsp3) is 0.545. The molecule has 1 fully saturated rings. The highest BCUT2D eigenvalue weighted by Crippen LogP contribution is 2.16. The normalized spacial score (nSPS) is 16.5. The van der Waals surface area contributed by atoms with Gasteiger partial charge in [0, 0.05) is 25.4 Å². The van der Waals surface area contributed by atoms with E-state index in [1.165, 1.54) is 0 Å². The lowest BCUT2D eigenvalue weighted by Crippen LogP contribution is -2.22. The molecule has 1 aromatic heterocycles. The molecule has 1 aromatic rings. The van der Waals surface area contributed by atoms with E-state index in [2.05, 4.69) is 23.8 Å². The first-order chi connectivity index (χ1) is 7.16. The number of rotatable bonds is 2. The number of carbonyl (C=O) groups is 1. The van der Waals surface area contributed by atoms with Gasteiger partial charge in [0.25, 0.3) is 0 Å². The van der Waals surface area contributed by atoms with Gasteiger partial charge in [-0.2, -0.15) is 0 Å². The Kier molecular flexibility index (Phi) is 2.66. The van der Waals surface area contributed by atoms with Gasteiger partial charge in [-0.25, -0.2) is 9.97 Å². The first-order valence-electron chi connectivity index (χ1n) is 5.25. The van der Waals surface area contributed by atoms with Crippen molar-refractivity contribution in [2.75, 3.05) is 18.0 Å². The molecule has 1 saturated heterocycles. The maximum absolute atomic E-state index is 11.1. The second kappa shape index (κ2) is 3.96. The molecule has 0 spiro atoms. The van der Waals surface area contributed by atoms with Gasteiger partial charge in [-0.05, 0) is 11.5 Å². The smallest absolute Gasteiger partial charge is 0.225 e. The van der Waals surface area contributed by atoms with Crippen molar-refractivity contribution < 1.29 is 4.79 Å². The van der Waals surface area contributed by atoms with Crippen LogP contribution in [0, 0.1) is 0 Å². The summed E-state index contributed by atoms with van der Waals surface area (Å²) >= 11 is 0. The Morgan fingerprint density at radius 1 is 1.33 bits per heavy atom. The number of carbonyl (C=O) groups excluding carboxylic acids is 1. The Bertz CT molecular complexity index is 359. The van der Waals surface area contributed by atoms with Crippen LogP contribution in [0.15, 0.2) is 12.4 Å². The highest BCUT2D eigenvalue weighted by molar-refractivity contribution is 5.86.